The van der Waals surface area contributed by atoms with E-state index in [4.69, 9.17) is 4.74 Å². The molecule has 0 saturated carbocycles. The fourth-order valence-electron chi connectivity index (χ4n) is 1.53. The Bertz CT molecular complexity index is 380. The molecule has 1 rings (SSSR count). The van der Waals surface area contributed by atoms with E-state index in [-0.39, 0.29) is 5.97 Å². The lowest BCUT2D eigenvalue weighted by Gasteiger charge is -2.20. The SMILES string of the molecule is CNCCc1ccccc1C(=O)OC(C)(C)C. The number of nitrogens with one attached hydrogen (secondary N) is 1. The maximum atomic E-state index is 12.0. The summed E-state index contributed by atoms with van der Waals surface area (Å²) in [6.07, 6.45) is 0.825. The molecule has 0 aliphatic heterocycles. The van der Waals surface area contributed by atoms with Crippen molar-refractivity contribution in [3.05, 3.63) is 35.4 Å². The van der Waals surface area contributed by atoms with Gasteiger partial charge in [-0.3, -0.25) is 0 Å². The van der Waals surface area contributed by atoms with Crippen LogP contribution in [0.15, 0.2) is 24.3 Å². The summed E-state index contributed by atoms with van der Waals surface area (Å²) in [4.78, 5) is 12.0. The van der Waals surface area contributed by atoms with Gasteiger partial charge < -0.3 is 10.1 Å². The van der Waals surface area contributed by atoms with Crippen molar-refractivity contribution in [1.29, 1.82) is 0 Å². The van der Waals surface area contributed by atoms with Gasteiger partial charge in [0.2, 0.25) is 0 Å². The van der Waals surface area contributed by atoms with E-state index in [9.17, 15) is 4.79 Å². The van der Waals surface area contributed by atoms with E-state index in [2.05, 4.69) is 5.32 Å². The molecule has 1 N–H and O–H groups in total. The monoisotopic (exact) mass is 235 g/mol. The van der Waals surface area contributed by atoms with Crippen LogP contribution in [0.1, 0.15) is 36.7 Å². The molecule has 3 heteroatoms. The molecule has 0 heterocycles. The Morgan fingerprint density at radius 1 is 1.29 bits per heavy atom. The second-order valence-electron chi connectivity index (χ2n) is 5.01. The minimum absolute atomic E-state index is 0.246. The molecule has 1 aromatic carbocycles. The number of ether oxygens (including phenoxy) is 1. The van der Waals surface area contributed by atoms with Crippen LogP contribution in [0.25, 0.3) is 0 Å². The first-order valence-electron chi connectivity index (χ1n) is 5.90. The molecule has 17 heavy (non-hydrogen) atoms. The molecule has 1 aromatic rings. The lowest BCUT2D eigenvalue weighted by atomic mass is 10.0. The number of hydrogen-bond donors (Lipinski definition) is 1. The lowest BCUT2D eigenvalue weighted by Crippen LogP contribution is -2.25. The van der Waals surface area contributed by atoms with Gasteiger partial charge in [0, 0.05) is 0 Å². The number of carbonyl (C=O) groups is 1. The summed E-state index contributed by atoms with van der Waals surface area (Å²) in [5.41, 5.74) is 1.24. The van der Waals surface area contributed by atoms with Crippen LogP contribution < -0.4 is 5.32 Å². The van der Waals surface area contributed by atoms with E-state index in [1.807, 2.05) is 52.1 Å². The van der Waals surface area contributed by atoms with E-state index in [0.29, 0.717) is 5.56 Å². The van der Waals surface area contributed by atoms with E-state index in [0.717, 1.165) is 18.5 Å². The van der Waals surface area contributed by atoms with Crippen molar-refractivity contribution in [2.75, 3.05) is 13.6 Å². The van der Waals surface area contributed by atoms with E-state index >= 15 is 0 Å². The molecule has 0 unspecified atom stereocenters. The number of carbonyl (C=O) groups excluding carboxylic acids is 1. The molecular weight excluding hydrogens is 214 g/mol. The highest BCUT2D eigenvalue weighted by atomic mass is 16.6. The number of benzene rings is 1. The van der Waals surface area contributed by atoms with Crippen LogP contribution in [0.4, 0.5) is 0 Å². The molecule has 0 fully saturated rings. The van der Waals surface area contributed by atoms with E-state index < -0.39 is 5.60 Å². The Balaban J connectivity index is 2.85. The third-order valence-electron chi connectivity index (χ3n) is 2.28. The Hall–Kier alpha value is -1.35. The van der Waals surface area contributed by atoms with Gasteiger partial charge in [0.05, 0.1) is 5.56 Å². The summed E-state index contributed by atoms with van der Waals surface area (Å²) in [6, 6.07) is 7.59. The van der Waals surface area contributed by atoms with Crippen molar-refractivity contribution in [2.45, 2.75) is 32.8 Å². The van der Waals surface area contributed by atoms with Crippen LogP contribution >= 0.6 is 0 Å². The first-order valence-corrected chi connectivity index (χ1v) is 5.90. The highest BCUT2D eigenvalue weighted by molar-refractivity contribution is 5.91. The highest BCUT2D eigenvalue weighted by Crippen LogP contribution is 2.15. The average molecular weight is 235 g/mol. The number of rotatable bonds is 4. The van der Waals surface area contributed by atoms with Gasteiger partial charge >= 0.3 is 5.97 Å². The molecule has 0 radical (unpaired) electrons. The third-order valence-corrected chi connectivity index (χ3v) is 2.28. The predicted octanol–water partition coefficient (Wildman–Crippen LogP) is 2.40. The minimum atomic E-state index is -0.451. The number of hydrogen-bond acceptors (Lipinski definition) is 3. The molecule has 0 aliphatic rings. The summed E-state index contributed by atoms with van der Waals surface area (Å²) < 4.78 is 5.39. The normalized spacial score (nSPS) is 11.3. The molecule has 0 aromatic heterocycles. The smallest absolute Gasteiger partial charge is 0.338 e. The molecule has 3 nitrogen and oxygen atoms in total. The number of likely N-dealkylation sites (N-methyl/N-ethyl adjacent to an activating group) is 1. The largest absolute Gasteiger partial charge is 0.456 e. The van der Waals surface area contributed by atoms with Crippen LogP contribution in [0.5, 0.6) is 0 Å². The Morgan fingerprint density at radius 3 is 2.53 bits per heavy atom. The minimum Gasteiger partial charge on any atom is -0.456 e. The summed E-state index contributed by atoms with van der Waals surface area (Å²) in [5, 5.41) is 3.08. The summed E-state index contributed by atoms with van der Waals surface area (Å²) in [6.45, 7) is 6.48. The summed E-state index contributed by atoms with van der Waals surface area (Å²) >= 11 is 0. The van der Waals surface area contributed by atoms with Gasteiger partial charge in [-0.1, -0.05) is 18.2 Å². The zero-order valence-electron chi connectivity index (χ0n) is 11.0. The Morgan fingerprint density at radius 2 is 1.94 bits per heavy atom. The van der Waals surface area contributed by atoms with Gasteiger partial charge in [-0.2, -0.15) is 0 Å². The Labute approximate surface area is 103 Å². The van der Waals surface area contributed by atoms with Gasteiger partial charge in [0.1, 0.15) is 5.60 Å². The van der Waals surface area contributed by atoms with Gasteiger partial charge in [0.25, 0.3) is 0 Å². The van der Waals surface area contributed by atoms with Crippen molar-refractivity contribution in [2.24, 2.45) is 0 Å². The second kappa shape index (κ2) is 5.82. The maximum Gasteiger partial charge on any atom is 0.338 e. The molecule has 0 bridgehead atoms. The van der Waals surface area contributed by atoms with Crippen LogP contribution in [-0.4, -0.2) is 25.2 Å². The highest BCUT2D eigenvalue weighted by Gasteiger charge is 2.19. The predicted molar refractivity (Wildman–Crippen MR) is 69.2 cm³/mol. The van der Waals surface area contributed by atoms with Crippen LogP contribution in [-0.2, 0) is 11.2 Å². The van der Waals surface area contributed by atoms with Crippen LogP contribution in [0.3, 0.4) is 0 Å². The quantitative estimate of drug-likeness (QED) is 0.814. The zero-order valence-corrected chi connectivity index (χ0v) is 11.0. The zero-order chi connectivity index (χ0) is 12.9. The van der Waals surface area contributed by atoms with Crippen molar-refractivity contribution < 1.29 is 9.53 Å². The molecule has 0 amide bonds. The molecular formula is C14H21NO2. The fraction of sp³-hybridized carbons (Fsp3) is 0.500. The molecule has 0 spiro atoms. The standard InChI is InChI=1S/C14H21NO2/c1-14(2,3)17-13(16)12-8-6-5-7-11(12)9-10-15-4/h5-8,15H,9-10H2,1-4H3. The fourth-order valence-corrected chi connectivity index (χ4v) is 1.53. The van der Waals surface area contributed by atoms with Gasteiger partial charge in [-0.05, 0) is 52.4 Å². The Kier molecular flexibility index (Phi) is 4.70. The first-order chi connectivity index (χ1) is 7.94. The number of esters is 1. The first kappa shape index (κ1) is 13.7. The van der Waals surface area contributed by atoms with E-state index in [1.54, 1.807) is 0 Å². The molecule has 0 saturated heterocycles. The topological polar surface area (TPSA) is 38.3 Å². The molecule has 94 valence electrons. The van der Waals surface area contributed by atoms with Crippen molar-refractivity contribution in [3.63, 3.8) is 0 Å². The van der Waals surface area contributed by atoms with Crippen LogP contribution in [0.2, 0.25) is 0 Å². The van der Waals surface area contributed by atoms with Gasteiger partial charge in [-0.15, -0.1) is 0 Å². The van der Waals surface area contributed by atoms with Crippen molar-refractivity contribution in [3.8, 4) is 0 Å². The van der Waals surface area contributed by atoms with E-state index in [1.165, 1.54) is 0 Å². The summed E-state index contributed by atoms with van der Waals surface area (Å²) in [5.74, 6) is -0.246. The van der Waals surface area contributed by atoms with Crippen molar-refractivity contribution >= 4 is 5.97 Å². The van der Waals surface area contributed by atoms with Crippen LogP contribution in [0, 0.1) is 0 Å². The maximum absolute atomic E-state index is 12.0. The van der Waals surface area contributed by atoms with Gasteiger partial charge in [-0.25, -0.2) is 4.79 Å². The molecule has 0 atom stereocenters. The lowest BCUT2D eigenvalue weighted by molar-refractivity contribution is 0.00684. The second-order valence-corrected chi connectivity index (χ2v) is 5.01. The molecule has 0 aliphatic carbocycles. The third kappa shape index (κ3) is 4.57. The summed E-state index contributed by atoms with van der Waals surface area (Å²) in [7, 11) is 1.90. The van der Waals surface area contributed by atoms with Crippen molar-refractivity contribution in [1.82, 2.24) is 5.32 Å². The van der Waals surface area contributed by atoms with Gasteiger partial charge in [0.15, 0.2) is 0 Å². The average Bonchev–Trinajstić information content (AvgIpc) is 2.24.